The van der Waals surface area contributed by atoms with E-state index in [4.69, 9.17) is 4.74 Å². The third-order valence-corrected chi connectivity index (χ3v) is 6.51. The summed E-state index contributed by atoms with van der Waals surface area (Å²) in [4.78, 5) is 27.8. The van der Waals surface area contributed by atoms with Gasteiger partial charge < -0.3 is 10.1 Å². The van der Waals surface area contributed by atoms with Gasteiger partial charge in [-0.1, -0.05) is 6.92 Å². The number of hydrogen-bond donors (Lipinski definition) is 1. The molecule has 0 bridgehead atoms. The number of esters is 1. The van der Waals surface area contributed by atoms with Crippen LogP contribution in [0.3, 0.4) is 0 Å². The number of rotatable bonds is 5. The lowest BCUT2D eigenvalue weighted by atomic mass is 9.99. The standard InChI is InChI=1S/C18H21NO3S2/c1-3-12-10-13(18(21)22-4-2)17(23-12)19-16(20)15-9-11-7-5-6-8-14(11)24-15/h9-10H,3-8H2,1-2H3,(H,19,20). The third-order valence-electron chi connectivity index (χ3n) is 4.07. The van der Waals surface area contributed by atoms with Gasteiger partial charge >= 0.3 is 5.97 Å². The molecule has 1 amide bonds. The fourth-order valence-electron chi connectivity index (χ4n) is 2.84. The molecule has 128 valence electrons. The van der Waals surface area contributed by atoms with Crippen LogP contribution < -0.4 is 5.32 Å². The Morgan fingerprint density at radius 2 is 1.96 bits per heavy atom. The zero-order valence-electron chi connectivity index (χ0n) is 13.9. The van der Waals surface area contributed by atoms with Gasteiger partial charge in [0.1, 0.15) is 5.00 Å². The van der Waals surface area contributed by atoms with Crippen molar-refractivity contribution in [1.82, 2.24) is 0 Å². The van der Waals surface area contributed by atoms with Crippen molar-refractivity contribution >= 4 is 39.6 Å². The molecule has 6 heteroatoms. The van der Waals surface area contributed by atoms with Crippen LogP contribution in [0.4, 0.5) is 5.00 Å². The van der Waals surface area contributed by atoms with Gasteiger partial charge in [-0.05, 0) is 56.7 Å². The number of amides is 1. The van der Waals surface area contributed by atoms with E-state index in [0.29, 0.717) is 17.2 Å². The molecular weight excluding hydrogens is 342 g/mol. The molecule has 0 saturated carbocycles. The van der Waals surface area contributed by atoms with E-state index in [9.17, 15) is 9.59 Å². The Bertz CT molecular complexity index is 737. The first kappa shape index (κ1) is 17.2. The average molecular weight is 364 g/mol. The molecule has 0 spiro atoms. The van der Waals surface area contributed by atoms with Crippen LogP contribution in [-0.4, -0.2) is 18.5 Å². The van der Waals surface area contributed by atoms with Gasteiger partial charge in [0.25, 0.3) is 5.91 Å². The van der Waals surface area contributed by atoms with Crippen molar-refractivity contribution in [2.75, 3.05) is 11.9 Å². The zero-order valence-corrected chi connectivity index (χ0v) is 15.6. The summed E-state index contributed by atoms with van der Waals surface area (Å²) < 4.78 is 5.10. The second-order valence-corrected chi connectivity index (χ2v) is 8.02. The average Bonchev–Trinajstić information content (AvgIpc) is 3.18. The number of nitrogens with one attached hydrogen (secondary N) is 1. The molecule has 4 nitrogen and oxygen atoms in total. The Labute approximate surface area is 149 Å². The predicted molar refractivity (Wildman–Crippen MR) is 98.6 cm³/mol. The Morgan fingerprint density at radius 3 is 2.67 bits per heavy atom. The zero-order chi connectivity index (χ0) is 17.1. The number of aryl methyl sites for hydroxylation is 3. The Kier molecular flexibility index (Phi) is 5.36. The normalized spacial score (nSPS) is 13.4. The Morgan fingerprint density at radius 1 is 1.17 bits per heavy atom. The van der Waals surface area contributed by atoms with Crippen molar-refractivity contribution in [1.29, 1.82) is 0 Å². The maximum atomic E-state index is 12.6. The number of thiophene rings is 2. The number of anilines is 1. The molecule has 0 saturated heterocycles. The quantitative estimate of drug-likeness (QED) is 0.785. The first-order valence-corrected chi connectivity index (χ1v) is 9.98. The van der Waals surface area contributed by atoms with Crippen molar-refractivity contribution in [3.8, 4) is 0 Å². The summed E-state index contributed by atoms with van der Waals surface area (Å²) in [6, 6.07) is 3.82. The number of ether oxygens (including phenoxy) is 1. The van der Waals surface area contributed by atoms with Gasteiger partial charge in [0.15, 0.2) is 0 Å². The highest BCUT2D eigenvalue weighted by Crippen LogP contribution is 2.33. The van der Waals surface area contributed by atoms with E-state index >= 15 is 0 Å². The maximum absolute atomic E-state index is 12.6. The summed E-state index contributed by atoms with van der Waals surface area (Å²) in [5, 5.41) is 3.50. The van der Waals surface area contributed by atoms with Gasteiger partial charge in [0.2, 0.25) is 0 Å². The second kappa shape index (κ2) is 7.49. The van der Waals surface area contributed by atoms with Crippen molar-refractivity contribution in [3.63, 3.8) is 0 Å². The van der Waals surface area contributed by atoms with Crippen molar-refractivity contribution in [2.45, 2.75) is 46.0 Å². The molecule has 3 rings (SSSR count). The number of fused-ring (bicyclic) bond motifs is 1. The van der Waals surface area contributed by atoms with Crippen LogP contribution in [0, 0.1) is 0 Å². The first-order chi connectivity index (χ1) is 11.6. The fourth-order valence-corrected chi connectivity index (χ4v) is 4.96. The van der Waals surface area contributed by atoms with Crippen LogP contribution in [0.5, 0.6) is 0 Å². The van der Waals surface area contributed by atoms with E-state index in [1.165, 1.54) is 34.6 Å². The van der Waals surface area contributed by atoms with Gasteiger partial charge in [-0.3, -0.25) is 4.79 Å². The van der Waals surface area contributed by atoms with E-state index in [-0.39, 0.29) is 11.9 Å². The van der Waals surface area contributed by atoms with E-state index in [0.717, 1.165) is 29.0 Å². The lowest BCUT2D eigenvalue weighted by molar-refractivity contribution is 0.0528. The molecule has 0 aliphatic heterocycles. The summed E-state index contributed by atoms with van der Waals surface area (Å²) >= 11 is 3.02. The van der Waals surface area contributed by atoms with E-state index in [1.807, 2.05) is 19.1 Å². The van der Waals surface area contributed by atoms with Gasteiger partial charge in [-0.25, -0.2) is 4.79 Å². The Hall–Kier alpha value is -1.66. The minimum Gasteiger partial charge on any atom is -0.462 e. The van der Waals surface area contributed by atoms with E-state index < -0.39 is 0 Å². The van der Waals surface area contributed by atoms with Crippen molar-refractivity contribution in [2.24, 2.45) is 0 Å². The molecule has 0 unspecified atom stereocenters. The summed E-state index contributed by atoms with van der Waals surface area (Å²) in [7, 11) is 0. The topological polar surface area (TPSA) is 55.4 Å². The second-order valence-electron chi connectivity index (χ2n) is 5.75. The van der Waals surface area contributed by atoms with Crippen LogP contribution >= 0.6 is 22.7 Å². The van der Waals surface area contributed by atoms with E-state index in [1.54, 1.807) is 18.3 Å². The maximum Gasteiger partial charge on any atom is 0.341 e. The minimum absolute atomic E-state index is 0.135. The lowest BCUT2D eigenvalue weighted by Gasteiger charge is -2.08. The molecule has 0 atom stereocenters. The monoisotopic (exact) mass is 363 g/mol. The van der Waals surface area contributed by atoms with Crippen molar-refractivity contribution in [3.05, 3.63) is 37.9 Å². The smallest absolute Gasteiger partial charge is 0.341 e. The highest BCUT2D eigenvalue weighted by molar-refractivity contribution is 7.17. The molecule has 2 heterocycles. The third kappa shape index (κ3) is 3.54. The lowest BCUT2D eigenvalue weighted by Crippen LogP contribution is -2.13. The number of carbonyl (C=O) groups is 2. The highest BCUT2D eigenvalue weighted by Gasteiger charge is 2.21. The van der Waals surface area contributed by atoms with Crippen LogP contribution in [0.15, 0.2) is 12.1 Å². The molecule has 0 aromatic carbocycles. The molecule has 1 aliphatic carbocycles. The van der Waals surface area contributed by atoms with Gasteiger partial charge in [0.05, 0.1) is 17.0 Å². The Balaban J connectivity index is 1.82. The molecule has 2 aromatic rings. The summed E-state index contributed by atoms with van der Waals surface area (Å²) in [5.41, 5.74) is 1.76. The molecule has 1 aliphatic rings. The van der Waals surface area contributed by atoms with Crippen LogP contribution in [0.2, 0.25) is 0 Å². The van der Waals surface area contributed by atoms with Crippen LogP contribution in [0.25, 0.3) is 0 Å². The number of hydrogen-bond acceptors (Lipinski definition) is 5. The van der Waals surface area contributed by atoms with Gasteiger partial charge in [0, 0.05) is 9.75 Å². The van der Waals surface area contributed by atoms with Crippen LogP contribution in [0.1, 0.15) is 62.0 Å². The van der Waals surface area contributed by atoms with E-state index in [2.05, 4.69) is 5.32 Å². The molecule has 1 N–H and O–H groups in total. The summed E-state index contributed by atoms with van der Waals surface area (Å²) in [6.45, 7) is 4.13. The molecule has 2 aromatic heterocycles. The molecule has 0 fully saturated rings. The number of carbonyl (C=O) groups excluding carboxylic acids is 2. The minimum atomic E-state index is -0.380. The highest BCUT2D eigenvalue weighted by atomic mass is 32.1. The largest absolute Gasteiger partial charge is 0.462 e. The van der Waals surface area contributed by atoms with Gasteiger partial charge in [-0.2, -0.15) is 0 Å². The first-order valence-electron chi connectivity index (χ1n) is 8.35. The molecule has 24 heavy (non-hydrogen) atoms. The van der Waals surface area contributed by atoms with Gasteiger partial charge in [-0.15, -0.1) is 22.7 Å². The van der Waals surface area contributed by atoms with Crippen LogP contribution in [-0.2, 0) is 24.0 Å². The molecule has 0 radical (unpaired) electrons. The fraction of sp³-hybridized carbons (Fsp3) is 0.444. The summed E-state index contributed by atoms with van der Waals surface area (Å²) in [6.07, 6.45) is 5.35. The predicted octanol–water partition coefficient (Wildman–Crippen LogP) is 4.68. The van der Waals surface area contributed by atoms with Crippen molar-refractivity contribution < 1.29 is 14.3 Å². The SMILES string of the molecule is CCOC(=O)c1cc(CC)sc1NC(=O)c1cc2c(s1)CCCC2. The molecular formula is C18H21NO3S2. The summed E-state index contributed by atoms with van der Waals surface area (Å²) in [5.74, 6) is -0.515.